The Morgan fingerprint density at radius 2 is 2.00 bits per heavy atom. The van der Waals surface area contributed by atoms with Gasteiger partial charge in [-0.05, 0) is 46.1 Å². The fraction of sp³-hybridized carbons (Fsp3) is 0.214. The number of alkyl halides is 3. The summed E-state index contributed by atoms with van der Waals surface area (Å²) in [7, 11) is 0. The number of carbonyl (C=O) groups is 1. The first kappa shape index (κ1) is 16.0. The van der Waals surface area contributed by atoms with Crippen LogP contribution in [0, 0.1) is 6.92 Å². The van der Waals surface area contributed by atoms with Gasteiger partial charge in [-0.25, -0.2) is 0 Å². The highest BCUT2D eigenvalue weighted by Gasteiger charge is 2.32. The van der Waals surface area contributed by atoms with Gasteiger partial charge in [0.1, 0.15) is 0 Å². The van der Waals surface area contributed by atoms with Crippen LogP contribution in [0.4, 0.5) is 13.2 Å². The van der Waals surface area contributed by atoms with Crippen molar-refractivity contribution in [1.82, 2.24) is 5.32 Å². The third kappa shape index (κ3) is 3.85. The van der Waals surface area contributed by atoms with Crippen molar-refractivity contribution in [3.8, 4) is 0 Å². The highest BCUT2D eigenvalue weighted by Crippen LogP contribution is 2.32. The Balaban J connectivity index is 2.12. The molecule has 0 unspecified atom stereocenters. The van der Waals surface area contributed by atoms with Crippen molar-refractivity contribution in [2.24, 2.45) is 0 Å². The second kappa shape index (κ2) is 6.19. The highest BCUT2D eigenvalue weighted by atomic mass is 79.9. The number of nitrogens with one attached hydrogen (secondary N) is 1. The maximum atomic E-state index is 12.8. The lowest BCUT2D eigenvalue weighted by molar-refractivity contribution is -0.138. The maximum absolute atomic E-state index is 12.8. The molecule has 1 heterocycles. The molecule has 1 N–H and O–H groups in total. The number of rotatable bonds is 3. The molecule has 0 radical (unpaired) electrons. The molecule has 0 bridgehead atoms. The molecule has 1 amide bonds. The number of amides is 1. The van der Waals surface area contributed by atoms with Gasteiger partial charge in [-0.15, -0.1) is 11.3 Å². The van der Waals surface area contributed by atoms with Crippen molar-refractivity contribution in [2.45, 2.75) is 19.6 Å². The molecular weight excluding hydrogens is 367 g/mol. The molecule has 0 spiro atoms. The van der Waals surface area contributed by atoms with Gasteiger partial charge >= 0.3 is 6.18 Å². The Kier molecular flexibility index (Phi) is 4.73. The average molecular weight is 378 g/mol. The van der Waals surface area contributed by atoms with Gasteiger partial charge in [-0.2, -0.15) is 13.2 Å². The Labute approximate surface area is 132 Å². The molecule has 0 aliphatic rings. The first-order valence-electron chi connectivity index (χ1n) is 5.98. The molecule has 0 fully saturated rings. The predicted octanol–water partition coefficient (Wildman–Crippen LogP) is 4.77. The molecular formula is C14H11BrF3NOS. The van der Waals surface area contributed by atoms with E-state index in [9.17, 15) is 18.0 Å². The summed E-state index contributed by atoms with van der Waals surface area (Å²) in [6, 6.07) is 6.91. The summed E-state index contributed by atoms with van der Waals surface area (Å²) in [5.41, 5.74) is 0.236. The van der Waals surface area contributed by atoms with Gasteiger partial charge in [0, 0.05) is 6.54 Å². The highest BCUT2D eigenvalue weighted by molar-refractivity contribution is 9.11. The van der Waals surface area contributed by atoms with Crippen LogP contribution in [0.15, 0.2) is 34.1 Å². The summed E-state index contributed by atoms with van der Waals surface area (Å²) in [6.07, 6.45) is -4.43. The standard InChI is InChI=1S/C14H11BrF3NOS/c1-8-6-11(21-12(8)15)13(20)19-7-9-4-2-3-5-10(9)14(16,17)18/h2-6H,7H2,1H3,(H,19,20). The summed E-state index contributed by atoms with van der Waals surface area (Å²) in [5.74, 6) is -0.384. The maximum Gasteiger partial charge on any atom is 0.416 e. The fourth-order valence-electron chi connectivity index (χ4n) is 1.79. The Morgan fingerprint density at radius 3 is 2.57 bits per heavy atom. The van der Waals surface area contributed by atoms with E-state index in [4.69, 9.17) is 0 Å². The van der Waals surface area contributed by atoms with E-state index >= 15 is 0 Å². The number of hydrogen-bond acceptors (Lipinski definition) is 2. The number of hydrogen-bond donors (Lipinski definition) is 1. The minimum absolute atomic E-state index is 0.0469. The molecule has 21 heavy (non-hydrogen) atoms. The molecule has 0 aliphatic heterocycles. The van der Waals surface area contributed by atoms with Crippen LogP contribution >= 0.6 is 27.3 Å². The molecule has 7 heteroatoms. The zero-order chi connectivity index (χ0) is 15.6. The van der Waals surface area contributed by atoms with Crippen molar-refractivity contribution in [3.05, 3.63) is 55.7 Å². The van der Waals surface area contributed by atoms with Crippen LogP contribution in [0.3, 0.4) is 0 Å². The molecule has 0 saturated carbocycles. The number of aryl methyl sites for hydroxylation is 1. The van der Waals surface area contributed by atoms with Crippen LogP contribution in [0.2, 0.25) is 0 Å². The largest absolute Gasteiger partial charge is 0.416 e. The second-order valence-electron chi connectivity index (χ2n) is 4.40. The van der Waals surface area contributed by atoms with Gasteiger partial charge in [0.2, 0.25) is 0 Å². The lowest BCUT2D eigenvalue weighted by Gasteiger charge is -2.12. The van der Waals surface area contributed by atoms with E-state index in [1.807, 2.05) is 6.92 Å². The van der Waals surface area contributed by atoms with E-state index in [-0.39, 0.29) is 18.0 Å². The summed E-state index contributed by atoms with van der Waals surface area (Å²) >= 11 is 4.56. The van der Waals surface area contributed by atoms with Gasteiger partial charge in [-0.3, -0.25) is 4.79 Å². The number of halogens is 4. The van der Waals surface area contributed by atoms with Crippen molar-refractivity contribution >= 4 is 33.2 Å². The third-order valence-corrected chi connectivity index (χ3v) is 4.98. The van der Waals surface area contributed by atoms with Crippen LogP contribution < -0.4 is 5.32 Å². The molecule has 0 atom stereocenters. The van der Waals surface area contributed by atoms with Crippen molar-refractivity contribution < 1.29 is 18.0 Å². The van der Waals surface area contributed by atoms with E-state index in [0.717, 1.165) is 15.4 Å². The monoisotopic (exact) mass is 377 g/mol. The average Bonchev–Trinajstić information content (AvgIpc) is 2.75. The number of carbonyl (C=O) groups excluding carboxylic acids is 1. The van der Waals surface area contributed by atoms with Gasteiger partial charge in [-0.1, -0.05) is 18.2 Å². The molecule has 2 aromatic rings. The van der Waals surface area contributed by atoms with Crippen molar-refractivity contribution in [3.63, 3.8) is 0 Å². The van der Waals surface area contributed by atoms with Crippen LogP contribution in [0.5, 0.6) is 0 Å². The number of thiophene rings is 1. The summed E-state index contributed by atoms with van der Waals surface area (Å²) in [5, 5.41) is 2.52. The molecule has 0 aliphatic carbocycles. The topological polar surface area (TPSA) is 29.1 Å². The zero-order valence-electron chi connectivity index (χ0n) is 10.9. The summed E-state index contributed by atoms with van der Waals surface area (Å²) in [6.45, 7) is 1.68. The molecule has 112 valence electrons. The SMILES string of the molecule is Cc1cc(C(=O)NCc2ccccc2C(F)(F)F)sc1Br. The second-order valence-corrected chi connectivity index (χ2v) is 6.78. The summed E-state index contributed by atoms with van der Waals surface area (Å²) < 4.78 is 39.3. The Morgan fingerprint density at radius 1 is 1.33 bits per heavy atom. The molecule has 1 aromatic carbocycles. The molecule has 2 nitrogen and oxygen atoms in total. The van der Waals surface area contributed by atoms with Crippen molar-refractivity contribution in [1.29, 1.82) is 0 Å². The predicted molar refractivity (Wildman–Crippen MR) is 79.4 cm³/mol. The lowest BCUT2D eigenvalue weighted by Crippen LogP contribution is -2.23. The summed E-state index contributed by atoms with van der Waals surface area (Å²) in [4.78, 5) is 12.4. The van der Waals surface area contributed by atoms with Crippen LogP contribution in [0.25, 0.3) is 0 Å². The Bertz CT molecular complexity index is 647. The minimum Gasteiger partial charge on any atom is -0.347 e. The quantitative estimate of drug-likeness (QED) is 0.819. The first-order valence-corrected chi connectivity index (χ1v) is 7.59. The molecule has 0 saturated heterocycles. The van der Waals surface area contributed by atoms with Crippen LogP contribution in [-0.4, -0.2) is 5.91 Å². The van der Waals surface area contributed by atoms with E-state index in [1.54, 1.807) is 6.07 Å². The number of benzene rings is 1. The van der Waals surface area contributed by atoms with Gasteiger partial charge in [0.05, 0.1) is 14.2 Å². The van der Waals surface area contributed by atoms with E-state index < -0.39 is 11.7 Å². The molecule has 2 rings (SSSR count). The zero-order valence-corrected chi connectivity index (χ0v) is 13.3. The smallest absolute Gasteiger partial charge is 0.347 e. The van der Waals surface area contributed by atoms with E-state index in [0.29, 0.717) is 4.88 Å². The van der Waals surface area contributed by atoms with Crippen LogP contribution in [0.1, 0.15) is 26.4 Å². The Hall–Kier alpha value is -1.34. The van der Waals surface area contributed by atoms with Gasteiger partial charge in [0.15, 0.2) is 0 Å². The minimum atomic E-state index is -4.43. The third-order valence-electron chi connectivity index (χ3n) is 2.84. The van der Waals surface area contributed by atoms with E-state index in [2.05, 4.69) is 21.2 Å². The van der Waals surface area contributed by atoms with Crippen molar-refractivity contribution in [2.75, 3.05) is 0 Å². The fourth-order valence-corrected chi connectivity index (χ4v) is 3.24. The lowest BCUT2D eigenvalue weighted by atomic mass is 10.1. The van der Waals surface area contributed by atoms with Crippen LogP contribution in [-0.2, 0) is 12.7 Å². The van der Waals surface area contributed by atoms with E-state index in [1.165, 1.54) is 29.5 Å². The molecule has 1 aromatic heterocycles. The normalized spacial score (nSPS) is 11.5. The van der Waals surface area contributed by atoms with Gasteiger partial charge in [0.25, 0.3) is 5.91 Å². The first-order chi connectivity index (χ1) is 9.79. The van der Waals surface area contributed by atoms with Gasteiger partial charge < -0.3 is 5.32 Å².